The second kappa shape index (κ2) is 8.10. The third-order valence-corrected chi connectivity index (χ3v) is 5.53. The lowest BCUT2D eigenvalue weighted by molar-refractivity contribution is -0.385. The van der Waals surface area contributed by atoms with Crippen LogP contribution in [0.5, 0.6) is 0 Å². The number of fused-ring (bicyclic) bond motifs is 1. The van der Waals surface area contributed by atoms with Gasteiger partial charge in [0.2, 0.25) is 0 Å². The van der Waals surface area contributed by atoms with Gasteiger partial charge < -0.3 is 15.6 Å². The predicted molar refractivity (Wildman–Crippen MR) is 120 cm³/mol. The Morgan fingerprint density at radius 1 is 1.22 bits per heavy atom. The summed E-state index contributed by atoms with van der Waals surface area (Å²) in [6.45, 7) is 5.12. The second-order valence-corrected chi connectivity index (χ2v) is 7.64. The van der Waals surface area contributed by atoms with E-state index in [1.165, 1.54) is 0 Å². The fourth-order valence-electron chi connectivity index (χ4n) is 3.81. The van der Waals surface area contributed by atoms with Crippen molar-refractivity contribution >= 4 is 34.8 Å². The Hall–Kier alpha value is -4.27. The highest BCUT2D eigenvalue weighted by molar-refractivity contribution is 6.35. The maximum Gasteiger partial charge on any atom is 0.293 e. The molecule has 1 aliphatic heterocycles. The first-order chi connectivity index (χ1) is 15.3. The molecule has 32 heavy (non-hydrogen) atoms. The lowest BCUT2D eigenvalue weighted by Crippen LogP contribution is -2.26. The van der Waals surface area contributed by atoms with Gasteiger partial charge in [0.15, 0.2) is 0 Å². The Bertz CT molecular complexity index is 1280. The van der Waals surface area contributed by atoms with E-state index in [0.29, 0.717) is 39.3 Å². The van der Waals surface area contributed by atoms with Gasteiger partial charge in [-0.15, -0.1) is 0 Å². The summed E-state index contributed by atoms with van der Waals surface area (Å²) >= 11 is 0. The number of aryl methyl sites for hydroxylation is 1. The van der Waals surface area contributed by atoms with Crippen LogP contribution in [0.2, 0.25) is 0 Å². The molecular formula is C23H21N5O4. The molecule has 1 aliphatic rings. The van der Waals surface area contributed by atoms with Crippen molar-refractivity contribution in [3.05, 3.63) is 86.5 Å². The average molecular weight is 431 g/mol. The number of aromatic nitrogens is 2. The molecule has 9 heteroatoms. The van der Waals surface area contributed by atoms with Crippen LogP contribution < -0.4 is 10.6 Å². The maximum absolute atomic E-state index is 12.8. The van der Waals surface area contributed by atoms with Crippen molar-refractivity contribution in [2.75, 3.05) is 5.32 Å². The van der Waals surface area contributed by atoms with Crippen LogP contribution in [0.15, 0.2) is 42.7 Å². The molecule has 3 aromatic rings. The Morgan fingerprint density at radius 3 is 2.59 bits per heavy atom. The number of hydrogen-bond donors (Lipinski definition) is 3. The van der Waals surface area contributed by atoms with Crippen molar-refractivity contribution in [2.24, 2.45) is 0 Å². The number of hydrogen-bond acceptors (Lipinski definition) is 5. The molecule has 0 bridgehead atoms. The zero-order valence-electron chi connectivity index (χ0n) is 17.7. The SMILES string of the molecule is Cc1[nH]c(C=C2C(=O)Nc3ccc(C(=O)NC(C)c4ccncc4)cc32)c(C)c1[N+](=O)[O-]. The molecule has 4 rings (SSSR count). The van der Waals surface area contributed by atoms with Gasteiger partial charge >= 0.3 is 0 Å². The van der Waals surface area contributed by atoms with E-state index in [1.54, 1.807) is 50.5 Å². The second-order valence-electron chi connectivity index (χ2n) is 7.64. The predicted octanol–water partition coefficient (Wildman–Crippen LogP) is 3.92. The molecule has 0 fully saturated rings. The van der Waals surface area contributed by atoms with Crippen molar-refractivity contribution in [3.63, 3.8) is 0 Å². The van der Waals surface area contributed by atoms with Crippen molar-refractivity contribution in [1.29, 1.82) is 0 Å². The first-order valence-electron chi connectivity index (χ1n) is 9.98. The summed E-state index contributed by atoms with van der Waals surface area (Å²) in [5.41, 5.74) is 4.13. The number of rotatable bonds is 5. The number of nitro groups is 1. The third-order valence-electron chi connectivity index (χ3n) is 5.53. The van der Waals surface area contributed by atoms with Crippen LogP contribution in [0.1, 0.15) is 51.4 Å². The lowest BCUT2D eigenvalue weighted by atomic mass is 10.0. The number of aromatic amines is 1. The van der Waals surface area contributed by atoms with E-state index >= 15 is 0 Å². The number of H-pyrrole nitrogens is 1. The maximum atomic E-state index is 12.8. The third kappa shape index (κ3) is 3.76. The monoisotopic (exact) mass is 431 g/mol. The van der Waals surface area contributed by atoms with Gasteiger partial charge in [0.05, 0.1) is 27.8 Å². The summed E-state index contributed by atoms with van der Waals surface area (Å²) in [4.78, 5) is 43.2. The van der Waals surface area contributed by atoms with Crippen LogP contribution >= 0.6 is 0 Å². The molecule has 9 nitrogen and oxygen atoms in total. The van der Waals surface area contributed by atoms with Crippen LogP contribution in [0, 0.1) is 24.0 Å². The zero-order chi connectivity index (χ0) is 23.0. The van der Waals surface area contributed by atoms with Crippen LogP contribution in [-0.4, -0.2) is 26.7 Å². The Morgan fingerprint density at radius 2 is 1.94 bits per heavy atom. The number of anilines is 1. The van der Waals surface area contributed by atoms with Crippen molar-refractivity contribution < 1.29 is 14.5 Å². The number of carbonyl (C=O) groups is 2. The van der Waals surface area contributed by atoms with Gasteiger partial charge in [-0.05, 0) is 62.7 Å². The summed E-state index contributed by atoms with van der Waals surface area (Å²) in [6, 6.07) is 8.40. The van der Waals surface area contributed by atoms with E-state index in [-0.39, 0.29) is 23.5 Å². The Balaban J connectivity index is 1.66. The summed E-state index contributed by atoms with van der Waals surface area (Å²) in [5.74, 6) is -0.615. The molecule has 1 unspecified atom stereocenters. The number of amides is 2. The number of pyridine rings is 1. The van der Waals surface area contributed by atoms with Crippen LogP contribution in [0.25, 0.3) is 11.6 Å². The molecule has 1 aromatic carbocycles. The molecule has 0 saturated heterocycles. The molecule has 2 aromatic heterocycles. The zero-order valence-corrected chi connectivity index (χ0v) is 17.7. The minimum atomic E-state index is -0.446. The normalized spacial score (nSPS) is 14.7. The quantitative estimate of drug-likeness (QED) is 0.320. The Kier molecular flexibility index (Phi) is 5.31. The van der Waals surface area contributed by atoms with Crippen LogP contribution in [0.4, 0.5) is 11.4 Å². The highest BCUT2D eigenvalue weighted by Crippen LogP contribution is 2.35. The first kappa shape index (κ1) is 21.0. The highest BCUT2D eigenvalue weighted by atomic mass is 16.6. The van der Waals surface area contributed by atoms with Gasteiger partial charge in [0.1, 0.15) is 0 Å². The number of carbonyl (C=O) groups excluding carboxylic acids is 2. The van der Waals surface area contributed by atoms with E-state index in [1.807, 2.05) is 19.1 Å². The molecule has 0 saturated carbocycles. The van der Waals surface area contributed by atoms with Gasteiger partial charge in [-0.3, -0.25) is 24.7 Å². The highest BCUT2D eigenvalue weighted by Gasteiger charge is 2.27. The molecule has 1 atom stereocenters. The smallest absolute Gasteiger partial charge is 0.293 e. The molecule has 162 valence electrons. The number of benzene rings is 1. The van der Waals surface area contributed by atoms with Gasteiger partial charge in [-0.2, -0.15) is 0 Å². The van der Waals surface area contributed by atoms with Gasteiger partial charge in [0.25, 0.3) is 17.5 Å². The summed E-state index contributed by atoms with van der Waals surface area (Å²) in [7, 11) is 0. The van der Waals surface area contributed by atoms with E-state index in [9.17, 15) is 19.7 Å². The molecule has 3 N–H and O–H groups in total. The van der Waals surface area contributed by atoms with Gasteiger partial charge in [-0.1, -0.05) is 0 Å². The topological polar surface area (TPSA) is 130 Å². The summed E-state index contributed by atoms with van der Waals surface area (Å²) in [5, 5.41) is 17.0. The Labute approximate surface area is 183 Å². The van der Waals surface area contributed by atoms with E-state index in [4.69, 9.17) is 0 Å². The molecule has 3 heterocycles. The van der Waals surface area contributed by atoms with E-state index in [2.05, 4.69) is 20.6 Å². The van der Waals surface area contributed by atoms with Gasteiger partial charge in [-0.25, -0.2) is 0 Å². The number of nitrogens with one attached hydrogen (secondary N) is 3. The minimum absolute atomic E-state index is 0.00583. The van der Waals surface area contributed by atoms with Crippen LogP contribution in [-0.2, 0) is 4.79 Å². The fourth-order valence-corrected chi connectivity index (χ4v) is 3.81. The standard InChI is InChI=1S/C23H21N5O4/c1-12-20(25-14(3)21(12)28(31)32)11-18-17-10-16(4-5-19(17)27-23(18)30)22(29)26-13(2)15-6-8-24-9-7-15/h4-11,13,25H,1-3H3,(H,26,29)(H,27,30). The van der Waals surface area contributed by atoms with Crippen molar-refractivity contribution in [2.45, 2.75) is 26.8 Å². The van der Waals surface area contributed by atoms with E-state index < -0.39 is 4.92 Å². The molecule has 0 aliphatic carbocycles. The molecular weight excluding hydrogens is 410 g/mol. The minimum Gasteiger partial charge on any atom is -0.353 e. The van der Waals surface area contributed by atoms with Crippen LogP contribution in [0.3, 0.4) is 0 Å². The average Bonchev–Trinajstić information content (AvgIpc) is 3.23. The lowest BCUT2D eigenvalue weighted by Gasteiger charge is -2.14. The summed E-state index contributed by atoms with van der Waals surface area (Å²) < 4.78 is 0. The fraction of sp³-hybridized carbons (Fsp3) is 0.174. The molecule has 2 amide bonds. The molecule has 0 radical (unpaired) electrons. The summed E-state index contributed by atoms with van der Waals surface area (Å²) in [6.07, 6.45) is 4.91. The van der Waals surface area contributed by atoms with E-state index in [0.717, 1.165) is 5.56 Å². The van der Waals surface area contributed by atoms with Crippen molar-refractivity contribution in [1.82, 2.24) is 15.3 Å². The first-order valence-corrected chi connectivity index (χ1v) is 9.98. The number of nitrogens with zero attached hydrogens (tertiary/aromatic N) is 2. The van der Waals surface area contributed by atoms with Crippen molar-refractivity contribution in [3.8, 4) is 0 Å². The largest absolute Gasteiger partial charge is 0.353 e. The van der Waals surface area contributed by atoms with Gasteiger partial charge in [0, 0.05) is 34.9 Å². The molecule has 0 spiro atoms.